The van der Waals surface area contributed by atoms with Gasteiger partial charge >= 0.3 is 0 Å². The Labute approximate surface area is 133 Å². The SMILES string of the molecule is c1ccc(-c2nc(-c3cccs3)cn2-c2ccccc2)cc1. The molecule has 0 aliphatic carbocycles. The van der Waals surface area contributed by atoms with E-state index in [9.17, 15) is 0 Å². The van der Waals surface area contributed by atoms with Crippen LogP contribution in [0.15, 0.2) is 84.4 Å². The van der Waals surface area contributed by atoms with Crippen molar-refractivity contribution in [3.63, 3.8) is 0 Å². The van der Waals surface area contributed by atoms with E-state index in [0.717, 1.165) is 22.8 Å². The zero-order valence-corrected chi connectivity index (χ0v) is 12.7. The van der Waals surface area contributed by atoms with Crippen LogP contribution < -0.4 is 0 Å². The Kier molecular flexibility index (Phi) is 3.33. The molecule has 0 unspecified atom stereocenters. The quantitative estimate of drug-likeness (QED) is 0.504. The first kappa shape index (κ1) is 13.0. The number of hydrogen-bond acceptors (Lipinski definition) is 2. The molecule has 0 spiro atoms. The molecule has 2 nitrogen and oxygen atoms in total. The van der Waals surface area contributed by atoms with Gasteiger partial charge < -0.3 is 0 Å². The molecule has 0 saturated heterocycles. The van der Waals surface area contributed by atoms with E-state index in [-0.39, 0.29) is 0 Å². The molecule has 2 aromatic carbocycles. The summed E-state index contributed by atoms with van der Waals surface area (Å²) in [5.74, 6) is 0.968. The van der Waals surface area contributed by atoms with Gasteiger partial charge in [-0.05, 0) is 23.6 Å². The van der Waals surface area contributed by atoms with E-state index in [4.69, 9.17) is 4.98 Å². The predicted octanol–water partition coefficient (Wildman–Crippen LogP) is 5.27. The fourth-order valence-electron chi connectivity index (χ4n) is 2.50. The van der Waals surface area contributed by atoms with Crippen LogP contribution in [0.2, 0.25) is 0 Å². The molecule has 0 saturated carbocycles. The summed E-state index contributed by atoms with van der Waals surface area (Å²) in [4.78, 5) is 6.06. The third-order valence-electron chi connectivity index (χ3n) is 3.55. The van der Waals surface area contributed by atoms with Crippen molar-refractivity contribution in [3.05, 3.63) is 84.4 Å². The molecule has 0 bridgehead atoms. The van der Waals surface area contributed by atoms with Crippen molar-refractivity contribution in [2.45, 2.75) is 0 Å². The Bertz CT molecular complexity index is 805. The van der Waals surface area contributed by atoms with Crippen LogP contribution in [-0.2, 0) is 0 Å². The van der Waals surface area contributed by atoms with E-state index in [1.54, 1.807) is 11.3 Å². The minimum absolute atomic E-state index is 0.968. The number of nitrogens with zero attached hydrogens (tertiary/aromatic N) is 2. The Hall–Kier alpha value is -2.65. The van der Waals surface area contributed by atoms with Crippen molar-refractivity contribution in [1.82, 2.24) is 9.55 Å². The molecule has 0 aliphatic rings. The van der Waals surface area contributed by atoms with Gasteiger partial charge in [0.2, 0.25) is 0 Å². The average molecular weight is 302 g/mol. The molecule has 0 atom stereocenters. The van der Waals surface area contributed by atoms with E-state index < -0.39 is 0 Å². The molecular formula is C19H14N2S. The predicted molar refractivity (Wildman–Crippen MR) is 92.3 cm³/mol. The second kappa shape index (κ2) is 5.62. The van der Waals surface area contributed by atoms with Crippen LogP contribution in [0.4, 0.5) is 0 Å². The summed E-state index contributed by atoms with van der Waals surface area (Å²) in [6.07, 6.45) is 2.11. The number of rotatable bonds is 3. The first-order chi connectivity index (χ1) is 10.9. The van der Waals surface area contributed by atoms with Gasteiger partial charge in [0.1, 0.15) is 5.82 Å². The molecule has 0 fully saturated rings. The van der Waals surface area contributed by atoms with E-state index in [2.05, 4.69) is 64.7 Å². The zero-order valence-electron chi connectivity index (χ0n) is 11.9. The van der Waals surface area contributed by atoms with Gasteiger partial charge in [-0.15, -0.1) is 11.3 Å². The number of aromatic nitrogens is 2. The summed E-state index contributed by atoms with van der Waals surface area (Å²) >= 11 is 1.71. The van der Waals surface area contributed by atoms with Crippen molar-refractivity contribution < 1.29 is 0 Å². The van der Waals surface area contributed by atoms with E-state index in [1.165, 1.54) is 4.88 Å². The zero-order chi connectivity index (χ0) is 14.8. The number of para-hydroxylation sites is 1. The van der Waals surface area contributed by atoms with Crippen LogP contribution in [0.1, 0.15) is 0 Å². The molecule has 4 rings (SSSR count). The maximum atomic E-state index is 4.87. The molecule has 3 heteroatoms. The summed E-state index contributed by atoms with van der Waals surface area (Å²) in [5, 5.41) is 2.08. The summed E-state index contributed by atoms with van der Waals surface area (Å²) in [6.45, 7) is 0. The van der Waals surface area contributed by atoms with Gasteiger partial charge in [-0.3, -0.25) is 4.57 Å². The lowest BCUT2D eigenvalue weighted by molar-refractivity contribution is 1.07. The monoisotopic (exact) mass is 302 g/mol. The molecule has 0 amide bonds. The lowest BCUT2D eigenvalue weighted by atomic mass is 10.2. The molecular weight excluding hydrogens is 288 g/mol. The Morgan fingerprint density at radius 3 is 2.18 bits per heavy atom. The average Bonchev–Trinajstić information content (AvgIpc) is 3.26. The normalized spacial score (nSPS) is 10.7. The Morgan fingerprint density at radius 1 is 0.773 bits per heavy atom. The van der Waals surface area contributed by atoms with Crippen LogP contribution in [0, 0.1) is 0 Å². The van der Waals surface area contributed by atoms with E-state index in [1.807, 2.05) is 24.3 Å². The minimum Gasteiger partial charge on any atom is -0.299 e. The second-order valence-corrected chi connectivity index (χ2v) is 5.95. The molecule has 106 valence electrons. The lowest BCUT2D eigenvalue weighted by Gasteiger charge is -2.07. The van der Waals surface area contributed by atoms with Gasteiger partial charge in [0.15, 0.2) is 0 Å². The fourth-order valence-corrected chi connectivity index (χ4v) is 3.18. The van der Waals surface area contributed by atoms with Gasteiger partial charge in [0.25, 0.3) is 0 Å². The summed E-state index contributed by atoms with van der Waals surface area (Å²) < 4.78 is 2.16. The number of hydrogen-bond donors (Lipinski definition) is 0. The highest BCUT2D eigenvalue weighted by atomic mass is 32.1. The van der Waals surface area contributed by atoms with Crippen LogP contribution in [-0.4, -0.2) is 9.55 Å². The van der Waals surface area contributed by atoms with Crippen molar-refractivity contribution >= 4 is 11.3 Å². The highest BCUT2D eigenvalue weighted by Crippen LogP contribution is 2.29. The van der Waals surface area contributed by atoms with Crippen LogP contribution in [0.3, 0.4) is 0 Å². The van der Waals surface area contributed by atoms with Crippen LogP contribution in [0.25, 0.3) is 27.6 Å². The van der Waals surface area contributed by atoms with Gasteiger partial charge in [0, 0.05) is 17.4 Å². The Balaban J connectivity index is 1.92. The van der Waals surface area contributed by atoms with Crippen molar-refractivity contribution in [2.75, 3.05) is 0 Å². The van der Waals surface area contributed by atoms with Crippen LogP contribution >= 0.6 is 11.3 Å². The maximum absolute atomic E-state index is 4.87. The van der Waals surface area contributed by atoms with Gasteiger partial charge in [-0.25, -0.2) is 4.98 Å². The van der Waals surface area contributed by atoms with E-state index >= 15 is 0 Å². The van der Waals surface area contributed by atoms with Crippen molar-refractivity contribution in [3.8, 4) is 27.6 Å². The van der Waals surface area contributed by atoms with Gasteiger partial charge in [-0.1, -0.05) is 54.6 Å². The highest BCUT2D eigenvalue weighted by Gasteiger charge is 2.13. The summed E-state index contributed by atoms with van der Waals surface area (Å²) in [6, 6.07) is 24.8. The Morgan fingerprint density at radius 2 is 1.50 bits per heavy atom. The van der Waals surface area contributed by atoms with E-state index in [0.29, 0.717) is 0 Å². The molecule has 0 radical (unpaired) electrons. The second-order valence-electron chi connectivity index (χ2n) is 5.00. The molecule has 2 aromatic heterocycles. The van der Waals surface area contributed by atoms with Gasteiger partial charge in [0.05, 0.1) is 10.6 Å². The summed E-state index contributed by atoms with van der Waals surface area (Å²) in [7, 11) is 0. The molecule has 22 heavy (non-hydrogen) atoms. The molecule has 0 N–H and O–H groups in total. The molecule has 4 aromatic rings. The lowest BCUT2D eigenvalue weighted by Crippen LogP contribution is -1.95. The standard InChI is InChI=1S/C19H14N2S/c1-3-8-15(9-4-1)19-20-17(18-12-7-13-22-18)14-21(19)16-10-5-2-6-11-16/h1-14H. The van der Waals surface area contributed by atoms with Crippen LogP contribution in [0.5, 0.6) is 0 Å². The number of imidazole rings is 1. The topological polar surface area (TPSA) is 17.8 Å². The van der Waals surface area contributed by atoms with Crippen molar-refractivity contribution in [2.24, 2.45) is 0 Å². The first-order valence-corrected chi connectivity index (χ1v) is 8.04. The first-order valence-electron chi connectivity index (χ1n) is 7.16. The largest absolute Gasteiger partial charge is 0.299 e. The maximum Gasteiger partial charge on any atom is 0.145 e. The fraction of sp³-hybridized carbons (Fsp3) is 0. The smallest absolute Gasteiger partial charge is 0.145 e. The molecule has 2 heterocycles. The third-order valence-corrected chi connectivity index (χ3v) is 4.44. The number of benzene rings is 2. The highest BCUT2D eigenvalue weighted by molar-refractivity contribution is 7.13. The van der Waals surface area contributed by atoms with Crippen molar-refractivity contribution in [1.29, 1.82) is 0 Å². The van der Waals surface area contributed by atoms with Gasteiger partial charge in [-0.2, -0.15) is 0 Å². The minimum atomic E-state index is 0.968. The summed E-state index contributed by atoms with van der Waals surface area (Å²) in [5.41, 5.74) is 3.25. The number of thiophene rings is 1. The third kappa shape index (κ3) is 2.36. The molecule has 0 aliphatic heterocycles.